The number of hydrogen-bond acceptors (Lipinski definition) is 3. The van der Waals surface area contributed by atoms with Crippen molar-refractivity contribution < 1.29 is 4.55 Å². The van der Waals surface area contributed by atoms with Crippen molar-refractivity contribution >= 4 is 17.6 Å². The summed E-state index contributed by atoms with van der Waals surface area (Å²) in [7, 11) is 0. The largest absolute Gasteiger partial charge is 0.591 e. The van der Waals surface area contributed by atoms with Crippen molar-refractivity contribution in [3.63, 3.8) is 0 Å². The first-order valence-corrected chi connectivity index (χ1v) is 7.37. The van der Waals surface area contributed by atoms with E-state index >= 15 is 0 Å². The molecule has 0 N–H and O–H groups in total. The number of aryl methyl sites for hydroxylation is 1. The molecule has 1 atom stereocenters. The standard InChI is InChI=1S/C13H23N3OS/c1-11(2)6-7-16-9-12(14-10-16)8-15-18(17)13(3,4)5/h8-11H,6-7H2,1-5H3. The van der Waals surface area contributed by atoms with Crippen LogP contribution >= 0.6 is 0 Å². The van der Waals surface area contributed by atoms with Crippen LogP contribution in [0.3, 0.4) is 0 Å². The van der Waals surface area contributed by atoms with Crippen molar-refractivity contribution in [2.75, 3.05) is 0 Å². The molecule has 0 aliphatic heterocycles. The number of hydrogen-bond donors (Lipinski definition) is 0. The van der Waals surface area contributed by atoms with Crippen molar-refractivity contribution in [2.45, 2.75) is 52.3 Å². The summed E-state index contributed by atoms with van der Waals surface area (Å²) < 4.78 is 17.5. The molecule has 0 saturated heterocycles. The van der Waals surface area contributed by atoms with Crippen LogP contribution in [0.2, 0.25) is 0 Å². The molecule has 4 nitrogen and oxygen atoms in total. The fourth-order valence-electron chi connectivity index (χ4n) is 1.23. The minimum atomic E-state index is -1.22. The second-order valence-corrected chi connectivity index (χ2v) is 7.75. The first-order valence-electron chi connectivity index (χ1n) is 6.27. The van der Waals surface area contributed by atoms with Crippen LogP contribution in [0.1, 0.15) is 46.7 Å². The number of rotatable bonds is 5. The lowest BCUT2D eigenvalue weighted by Gasteiger charge is -2.17. The van der Waals surface area contributed by atoms with E-state index < -0.39 is 11.4 Å². The van der Waals surface area contributed by atoms with Crippen LogP contribution in [-0.4, -0.2) is 25.1 Å². The molecule has 0 aliphatic rings. The fourth-order valence-corrected chi connectivity index (χ4v) is 1.75. The van der Waals surface area contributed by atoms with E-state index in [9.17, 15) is 4.55 Å². The average molecular weight is 269 g/mol. The van der Waals surface area contributed by atoms with Crippen LogP contribution in [0.25, 0.3) is 0 Å². The topological polar surface area (TPSA) is 53.2 Å². The van der Waals surface area contributed by atoms with Gasteiger partial charge >= 0.3 is 0 Å². The molecule has 0 saturated carbocycles. The molecule has 1 rings (SSSR count). The summed E-state index contributed by atoms with van der Waals surface area (Å²) in [6, 6.07) is 0. The molecular weight excluding hydrogens is 246 g/mol. The van der Waals surface area contributed by atoms with Crippen LogP contribution in [0.15, 0.2) is 16.9 Å². The Kier molecular flexibility index (Phi) is 5.41. The van der Waals surface area contributed by atoms with Gasteiger partial charge in [-0.3, -0.25) is 0 Å². The molecule has 0 spiro atoms. The second kappa shape index (κ2) is 6.38. The van der Waals surface area contributed by atoms with Gasteiger partial charge in [0.1, 0.15) is 28.0 Å². The molecule has 102 valence electrons. The van der Waals surface area contributed by atoms with E-state index in [4.69, 9.17) is 0 Å². The lowest BCUT2D eigenvalue weighted by molar-refractivity contribution is 0.516. The van der Waals surface area contributed by atoms with Crippen LogP contribution < -0.4 is 0 Å². The van der Waals surface area contributed by atoms with E-state index in [0.29, 0.717) is 5.92 Å². The van der Waals surface area contributed by atoms with E-state index in [2.05, 4.69) is 23.2 Å². The first kappa shape index (κ1) is 15.2. The molecule has 5 heteroatoms. The molecule has 0 aliphatic carbocycles. The molecule has 0 amide bonds. The molecule has 0 aromatic carbocycles. The molecule has 0 fully saturated rings. The number of aromatic nitrogens is 2. The highest BCUT2D eigenvalue weighted by Gasteiger charge is 2.25. The quantitative estimate of drug-likeness (QED) is 0.609. The SMILES string of the molecule is CC(C)CCn1cnc(C=N[S+]([O-])C(C)(C)C)c1. The summed E-state index contributed by atoms with van der Waals surface area (Å²) in [5.74, 6) is 0.679. The maximum absolute atomic E-state index is 11.7. The van der Waals surface area contributed by atoms with Gasteiger partial charge < -0.3 is 9.12 Å². The third-order valence-electron chi connectivity index (χ3n) is 2.42. The lowest BCUT2D eigenvalue weighted by Crippen LogP contribution is -2.25. The Hall–Kier alpha value is -0.810. The van der Waals surface area contributed by atoms with E-state index in [1.54, 1.807) is 12.5 Å². The molecule has 0 radical (unpaired) electrons. The van der Waals surface area contributed by atoms with Crippen molar-refractivity contribution in [2.24, 2.45) is 10.3 Å². The zero-order valence-electron chi connectivity index (χ0n) is 11.9. The van der Waals surface area contributed by atoms with Gasteiger partial charge in [0.25, 0.3) is 0 Å². The molecule has 18 heavy (non-hydrogen) atoms. The summed E-state index contributed by atoms with van der Waals surface area (Å²) in [5.41, 5.74) is 0.761. The highest BCUT2D eigenvalue weighted by Crippen LogP contribution is 2.16. The molecule has 1 heterocycles. The van der Waals surface area contributed by atoms with Gasteiger partial charge in [0.15, 0.2) is 0 Å². The Morgan fingerprint density at radius 3 is 2.72 bits per heavy atom. The van der Waals surface area contributed by atoms with Gasteiger partial charge in [-0.15, -0.1) is 0 Å². The number of imidazole rings is 1. The van der Waals surface area contributed by atoms with Gasteiger partial charge in [-0.2, -0.15) is 0 Å². The molecule has 1 aromatic heterocycles. The summed E-state index contributed by atoms with van der Waals surface area (Å²) in [5, 5.41) is 0. The summed E-state index contributed by atoms with van der Waals surface area (Å²) in [6.45, 7) is 11.1. The summed E-state index contributed by atoms with van der Waals surface area (Å²) in [4.78, 5) is 4.23. The molecule has 1 aromatic rings. The van der Waals surface area contributed by atoms with Gasteiger partial charge in [0.05, 0.1) is 6.33 Å². The van der Waals surface area contributed by atoms with Crippen molar-refractivity contribution in [3.8, 4) is 0 Å². The van der Waals surface area contributed by atoms with E-state index in [1.165, 1.54) is 0 Å². The minimum absolute atomic E-state index is 0.323. The Balaban J connectivity index is 2.56. The third kappa shape index (κ3) is 5.23. The predicted octanol–water partition coefficient (Wildman–Crippen LogP) is 2.81. The van der Waals surface area contributed by atoms with Gasteiger partial charge in [-0.05, 0) is 33.1 Å². The Morgan fingerprint density at radius 1 is 1.50 bits per heavy atom. The normalized spacial score (nSPS) is 14.6. The smallest absolute Gasteiger partial charge is 0.144 e. The minimum Gasteiger partial charge on any atom is -0.591 e. The zero-order chi connectivity index (χ0) is 13.8. The molecular formula is C13H23N3OS. The fraction of sp³-hybridized carbons (Fsp3) is 0.692. The first-order chi connectivity index (χ1) is 8.29. The summed E-state index contributed by atoms with van der Waals surface area (Å²) in [6.07, 6.45) is 6.45. The Bertz CT molecular complexity index is 393. The van der Waals surface area contributed by atoms with Crippen LogP contribution in [0, 0.1) is 5.92 Å². The summed E-state index contributed by atoms with van der Waals surface area (Å²) >= 11 is -1.22. The average Bonchev–Trinajstić information content (AvgIpc) is 2.69. The maximum Gasteiger partial charge on any atom is 0.144 e. The Labute approximate surface area is 113 Å². The Morgan fingerprint density at radius 2 is 2.17 bits per heavy atom. The zero-order valence-corrected chi connectivity index (χ0v) is 12.7. The van der Waals surface area contributed by atoms with E-state index in [0.717, 1.165) is 18.7 Å². The van der Waals surface area contributed by atoms with Crippen LogP contribution in [-0.2, 0) is 17.9 Å². The van der Waals surface area contributed by atoms with E-state index in [1.807, 2.05) is 31.5 Å². The highest BCUT2D eigenvalue weighted by molar-refractivity contribution is 7.91. The van der Waals surface area contributed by atoms with Gasteiger partial charge in [-0.1, -0.05) is 18.2 Å². The van der Waals surface area contributed by atoms with Gasteiger partial charge in [-0.25, -0.2) is 4.98 Å². The molecule has 0 bridgehead atoms. The van der Waals surface area contributed by atoms with Crippen LogP contribution in [0.5, 0.6) is 0 Å². The molecule has 1 unspecified atom stereocenters. The highest BCUT2D eigenvalue weighted by atomic mass is 32.2. The van der Waals surface area contributed by atoms with E-state index in [-0.39, 0.29) is 4.75 Å². The number of nitrogens with zero attached hydrogens (tertiary/aromatic N) is 3. The second-order valence-electron chi connectivity index (χ2n) is 5.81. The van der Waals surface area contributed by atoms with Crippen molar-refractivity contribution in [3.05, 3.63) is 18.2 Å². The maximum atomic E-state index is 11.7. The predicted molar refractivity (Wildman–Crippen MR) is 77.2 cm³/mol. The van der Waals surface area contributed by atoms with Gasteiger partial charge in [0, 0.05) is 12.7 Å². The van der Waals surface area contributed by atoms with Crippen molar-refractivity contribution in [1.82, 2.24) is 9.55 Å². The monoisotopic (exact) mass is 269 g/mol. The lowest BCUT2D eigenvalue weighted by atomic mass is 10.1. The van der Waals surface area contributed by atoms with Crippen LogP contribution in [0.4, 0.5) is 0 Å². The van der Waals surface area contributed by atoms with Gasteiger partial charge in [0.2, 0.25) is 0 Å². The third-order valence-corrected chi connectivity index (χ3v) is 3.77. The van der Waals surface area contributed by atoms with Crippen molar-refractivity contribution in [1.29, 1.82) is 0 Å².